The average Bonchev–Trinajstić information content (AvgIpc) is 2.39. The molecule has 1 nitrogen and oxygen atoms in total. The molecule has 1 unspecified atom stereocenters. The van der Waals surface area contributed by atoms with Gasteiger partial charge in [-0.15, -0.1) is 0 Å². The molecule has 0 aliphatic carbocycles. The van der Waals surface area contributed by atoms with Crippen LogP contribution in [0.1, 0.15) is 40.8 Å². The summed E-state index contributed by atoms with van der Waals surface area (Å²) >= 11 is 0. The Morgan fingerprint density at radius 3 is 2.42 bits per heavy atom. The molecular weight excluding hydrogens is 230 g/mol. The van der Waals surface area contributed by atoms with Gasteiger partial charge < -0.3 is 5.32 Å². The van der Waals surface area contributed by atoms with Gasteiger partial charge in [-0.1, -0.05) is 53.6 Å². The van der Waals surface area contributed by atoms with Gasteiger partial charge in [0.15, 0.2) is 0 Å². The van der Waals surface area contributed by atoms with Crippen LogP contribution >= 0.6 is 0 Å². The van der Waals surface area contributed by atoms with Crippen molar-refractivity contribution in [3.8, 4) is 0 Å². The summed E-state index contributed by atoms with van der Waals surface area (Å²) in [7, 11) is 0. The predicted molar refractivity (Wildman–Crippen MR) is 82.3 cm³/mol. The summed E-state index contributed by atoms with van der Waals surface area (Å²) in [5.41, 5.74) is 6.74. The third kappa shape index (κ3) is 3.68. The minimum Gasteiger partial charge on any atom is -0.306 e. The van der Waals surface area contributed by atoms with Crippen LogP contribution in [0.3, 0.4) is 0 Å². The molecule has 1 atom stereocenters. The smallest absolute Gasteiger partial charge is 0.0297 e. The zero-order valence-corrected chi connectivity index (χ0v) is 12.3. The monoisotopic (exact) mass is 253 g/mol. The Kier molecular flexibility index (Phi) is 4.39. The molecular formula is C18H23N. The Labute approximate surface area is 116 Å². The van der Waals surface area contributed by atoms with Gasteiger partial charge in [-0.25, -0.2) is 0 Å². The molecule has 2 rings (SSSR count). The highest BCUT2D eigenvalue weighted by atomic mass is 14.9. The second-order valence-electron chi connectivity index (χ2n) is 5.45. The van der Waals surface area contributed by atoms with E-state index < -0.39 is 0 Å². The van der Waals surface area contributed by atoms with Crippen LogP contribution in [-0.4, -0.2) is 0 Å². The molecule has 0 saturated heterocycles. The van der Waals surface area contributed by atoms with Crippen molar-refractivity contribution >= 4 is 0 Å². The minimum absolute atomic E-state index is 0.375. The van der Waals surface area contributed by atoms with Crippen LogP contribution in [0.15, 0.2) is 42.5 Å². The number of nitrogens with one attached hydrogen (secondary N) is 1. The molecule has 0 aromatic heterocycles. The summed E-state index contributed by atoms with van der Waals surface area (Å²) in [6, 6.07) is 15.7. The van der Waals surface area contributed by atoms with E-state index in [0.717, 1.165) is 6.54 Å². The molecule has 0 fully saturated rings. The van der Waals surface area contributed by atoms with Crippen molar-refractivity contribution in [3.63, 3.8) is 0 Å². The Hall–Kier alpha value is -1.60. The molecule has 0 amide bonds. The highest BCUT2D eigenvalue weighted by molar-refractivity contribution is 5.32. The van der Waals surface area contributed by atoms with E-state index in [2.05, 4.69) is 75.5 Å². The third-order valence-corrected chi connectivity index (χ3v) is 3.60. The lowest BCUT2D eigenvalue weighted by Gasteiger charge is -2.17. The molecule has 0 aliphatic rings. The second-order valence-corrected chi connectivity index (χ2v) is 5.45. The van der Waals surface area contributed by atoms with Crippen LogP contribution in [0.2, 0.25) is 0 Å². The zero-order chi connectivity index (χ0) is 13.8. The summed E-state index contributed by atoms with van der Waals surface area (Å²) in [4.78, 5) is 0. The standard InChI is InChI=1S/C18H23N/c1-13-6-5-7-17(10-13)12-19-16(4)18-11-14(2)8-9-15(18)3/h5-11,16,19H,12H2,1-4H3. The van der Waals surface area contributed by atoms with Gasteiger partial charge in [0.25, 0.3) is 0 Å². The SMILES string of the molecule is Cc1cccc(CNC(C)c2cc(C)ccc2C)c1. The van der Waals surface area contributed by atoms with Crippen LogP contribution in [0.4, 0.5) is 0 Å². The maximum atomic E-state index is 3.61. The van der Waals surface area contributed by atoms with Crippen LogP contribution in [0, 0.1) is 20.8 Å². The van der Waals surface area contributed by atoms with E-state index >= 15 is 0 Å². The molecule has 0 heterocycles. The molecule has 19 heavy (non-hydrogen) atoms. The molecule has 0 bridgehead atoms. The fourth-order valence-electron chi connectivity index (χ4n) is 2.43. The number of benzene rings is 2. The highest BCUT2D eigenvalue weighted by Gasteiger charge is 2.08. The molecule has 100 valence electrons. The van der Waals surface area contributed by atoms with E-state index in [4.69, 9.17) is 0 Å². The topological polar surface area (TPSA) is 12.0 Å². The normalized spacial score (nSPS) is 12.4. The van der Waals surface area contributed by atoms with E-state index in [1.54, 1.807) is 0 Å². The fourth-order valence-corrected chi connectivity index (χ4v) is 2.43. The van der Waals surface area contributed by atoms with E-state index in [0.29, 0.717) is 6.04 Å². The van der Waals surface area contributed by atoms with Crippen LogP contribution in [-0.2, 0) is 6.54 Å². The molecule has 0 spiro atoms. The maximum absolute atomic E-state index is 3.61. The first-order valence-corrected chi connectivity index (χ1v) is 6.92. The van der Waals surface area contributed by atoms with Gasteiger partial charge in [-0.05, 0) is 44.4 Å². The lowest BCUT2D eigenvalue weighted by Crippen LogP contribution is -2.19. The third-order valence-electron chi connectivity index (χ3n) is 3.60. The Morgan fingerprint density at radius 2 is 1.68 bits per heavy atom. The first-order valence-electron chi connectivity index (χ1n) is 6.92. The van der Waals surface area contributed by atoms with Crippen molar-refractivity contribution in [1.82, 2.24) is 5.32 Å². The lowest BCUT2D eigenvalue weighted by molar-refractivity contribution is 0.572. The fraction of sp³-hybridized carbons (Fsp3) is 0.333. The first kappa shape index (κ1) is 13.8. The molecule has 2 aromatic rings. The van der Waals surface area contributed by atoms with Crippen molar-refractivity contribution in [2.75, 3.05) is 0 Å². The van der Waals surface area contributed by atoms with E-state index in [1.165, 1.54) is 27.8 Å². The summed E-state index contributed by atoms with van der Waals surface area (Å²) < 4.78 is 0. The molecule has 1 heteroatoms. The Bertz CT molecular complexity index is 557. The van der Waals surface area contributed by atoms with Crippen LogP contribution < -0.4 is 5.32 Å². The lowest BCUT2D eigenvalue weighted by atomic mass is 10.00. The number of aryl methyl sites for hydroxylation is 3. The van der Waals surface area contributed by atoms with Gasteiger partial charge >= 0.3 is 0 Å². The average molecular weight is 253 g/mol. The largest absolute Gasteiger partial charge is 0.306 e. The summed E-state index contributed by atoms with van der Waals surface area (Å²) in [5.74, 6) is 0. The van der Waals surface area contributed by atoms with Crippen molar-refractivity contribution < 1.29 is 0 Å². The van der Waals surface area contributed by atoms with Crippen molar-refractivity contribution in [3.05, 3.63) is 70.3 Å². The van der Waals surface area contributed by atoms with E-state index in [9.17, 15) is 0 Å². The molecule has 0 saturated carbocycles. The molecule has 2 aromatic carbocycles. The van der Waals surface area contributed by atoms with Crippen LogP contribution in [0.25, 0.3) is 0 Å². The molecule has 1 N–H and O–H groups in total. The molecule has 0 radical (unpaired) electrons. The number of hydrogen-bond acceptors (Lipinski definition) is 1. The minimum atomic E-state index is 0.375. The van der Waals surface area contributed by atoms with E-state index in [1.807, 2.05) is 0 Å². The highest BCUT2D eigenvalue weighted by Crippen LogP contribution is 2.19. The number of rotatable bonds is 4. The zero-order valence-electron chi connectivity index (χ0n) is 12.3. The second kappa shape index (κ2) is 6.03. The number of hydrogen-bond donors (Lipinski definition) is 1. The summed E-state index contributed by atoms with van der Waals surface area (Å²) in [6.45, 7) is 9.61. The van der Waals surface area contributed by atoms with Crippen molar-refractivity contribution in [1.29, 1.82) is 0 Å². The van der Waals surface area contributed by atoms with Gasteiger partial charge in [0.1, 0.15) is 0 Å². The van der Waals surface area contributed by atoms with Gasteiger partial charge in [0.2, 0.25) is 0 Å². The van der Waals surface area contributed by atoms with Gasteiger partial charge in [0, 0.05) is 12.6 Å². The molecule has 0 aliphatic heterocycles. The Balaban J connectivity index is 2.05. The van der Waals surface area contributed by atoms with E-state index in [-0.39, 0.29) is 0 Å². The Morgan fingerprint density at radius 1 is 0.947 bits per heavy atom. The van der Waals surface area contributed by atoms with Gasteiger partial charge in [-0.2, -0.15) is 0 Å². The quantitative estimate of drug-likeness (QED) is 0.848. The van der Waals surface area contributed by atoms with Gasteiger partial charge in [-0.3, -0.25) is 0 Å². The van der Waals surface area contributed by atoms with Gasteiger partial charge in [0.05, 0.1) is 0 Å². The summed E-state index contributed by atoms with van der Waals surface area (Å²) in [5, 5.41) is 3.61. The summed E-state index contributed by atoms with van der Waals surface area (Å²) in [6.07, 6.45) is 0. The van der Waals surface area contributed by atoms with Crippen LogP contribution in [0.5, 0.6) is 0 Å². The maximum Gasteiger partial charge on any atom is 0.0297 e. The first-order chi connectivity index (χ1) is 9.06. The van der Waals surface area contributed by atoms with Crippen molar-refractivity contribution in [2.24, 2.45) is 0 Å². The predicted octanol–water partition coefficient (Wildman–Crippen LogP) is 4.46. The van der Waals surface area contributed by atoms with Crippen molar-refractivity contribution in [2.45, 2.75) is 40.3 Å².